The second-order valence-electron chi connectivity index (χ2n) is 7.22. The van der Waals surface area contributed by atoms with Crippen LogP contribution in [0.5, 0.6) is 5.75 Å². The molecule has 4 heteroatoms. The van der Waals surface area contributed by atoms with E-state index in [9.17, 15) is 14.7 Å². The zero-order chi connectivity index (χ0) is 18.3. The zero-order valence-corrected chi connectivity index (χ0v) is 15.5. The molecule has 25 heavy (non-hydrogen) atoms. The van der Waals surface area contributed by atoms with Crippen molar-refractivity contribution in [2.24, 2.45) is 0 Å². The van der Waals surface area contributed by atoms with E-state index in [2.05, 4.69) is 20.8 Å². The molecule has 0 unspecified atom stereocenters. The van der Waals surface area contributed by atoms with Crippen LogP contribution in [-0.4, -0.2) is 23.3 Å². The molecule has 1 aliphatic heterocycles. The predicted molar refractivity (Wildman–Crippen MR) is 96.4 cm³/mol. The van der Waals surface area contributed by atoms with Gasteiger partial charge in [0.25, 0.3) is 0 Å². The molecule has 2 aliphatic rings. The first-order valence-corrected chi connectivity index (χ1v) is 9.10. The molecular formula is C21H26O4. The van der Waals surface area contributed by atoms with Gasteiger partial charge in [-0.2, -0.15) is 0 Å². The lowest BCUT2D eigenvalue weighted by molar-refractivity contribution is -0.124. The number of benzene rings is 1. The Morgan fingerprint density at radius 3 is 2.32 bits per heavy atom. The number of ketones is 2. The topological polar surface area (TPSA) is 63.6 Å². The summed E-state index contributed by atoms with van der Waals surface area (Å²) in [4.78, 5) is 25.2. The summed E-state index contributed by atoms with van der Waals surface area (Å²) in [6, 6.07) is 0. The third-order valence-corrected chi connectivity index (χ3v) is 5.70. The fourth-order valence-corrected chi connectivity index (χ4v) is 4.19. The molecule has 0 atom stereocenters. The van der Waals surface area contributed by atoms with E-state index in [4.69, 9.17) is 4.74 Å². The first kappa shape index (κ1) is 17.7. The number of carbonyl (C=O) groups excluding carboxylic acids is 2. The summed E-state index contributed by atoms with van der Waals surface area (Å²) < 4.78 is 5.90. The molecule has 0 bridgehead atoms. The van der Waals surface area contributed by atoms with Crippen LogP contribution in [0.25, 0.3) is 0 Å². The Bertz CT molecular complexity index is 766. The quantitative estimate of drug-likeness (QED) is 0.508. The van der Waals surface area contributed by atoms with Crippen molar-refractivity contribution in [2.75, 3.05) is 6.61 Å². The number of fused-ring (bicyclic) bond motifs is 1. The van der Waals surface area contributed by atoms with Gasteiger partial charge in [0, 0.05) is 42.7 Å². The maximum Gasteiger partial charge on any atom is 0.170 e. The van der Waals surface area contributed by atoms with Crippen molar-refractivity contribution in [3.8, 4) is 5.75 Å². The molecule has 134 valence electrons. The number of aliphatic hydroxyl groups excluding tert-OH is 1. The van der Waals surface area contributed by atoms with Crippen LogP contribution in [0.2, 0.25) is 0 Å². The minimum atomic E-state index is -0.239. The third-order valence-electron chi connectivity index (χ3n) is 5.70. The summed E-state index contributed by atoms with van der Waals surface area (Å²) >= 11 is 0. The number of hydrogen-bond donors (Lipinski definition) is 1. The van der Waals surface area contributed by atoms with Gasteiger partial charge in [-0.15, -0.1) is 0 Å². The second kappa shape index (κ2) is 6.66. The normalized spacial score (nSPS) is 19.8. The van der Waals surface area contributed by atoms with Crippen molar-refractivity contribution in [3.63, 3.8) is 0 Å². The molecule has 1 saturated carbocycles. The molecule has 0 saturated heterocycles. The van der Waals surface area contributed by atoms with Gasteiger partial charge in [-0.25, -0.2) is 0 Å². The lowest BCUT2D eigenvalue weighted by Gasteiger charge is -2.27. The van der Waals surface area contributed by atoms with E-state index in [0.29, 0.717) is 19.4 Å². The van der Waals surface area contributed by atoms with Gasteiger partial charge in [-0.1, -0.05) is 6.92 Å². The van der Waals surface area contributed by atoms with Crippen LogP contribution >= 0.6 is 0 Å². The smallest absolute Gasteiger partial charge is 0.170 e. The van der Waals surface area contributed by atoms with Crippen molar-refractivity contribution in [3.05, 3.63) is 39.1 Å². The predicted octanol–water partition coefficient (Wildman–Crippen LogP) is 4.17. The van der Waals surface area contributed by atoms with Crippen molar-refractivity contribution in [1.29, 1.82) is 0 Å². The molecular weight excluding hydrogens is 316 g/mol. The highest BCUT2D eigenvalue weighted by Gasteiger charge is 2.37. The number of aliphatic hydroxyl groups is 1. The van der Waals surface area contributed by atoms with E-state index in [1.165, 1.54) is 16.7 Å². The minimum Gasteiger partial charge on any atom is -0.511 e. The van der Waals surface area contributed by atoms with E-state index < -0.39 is 0 Å². The Balaban J connectivity index is 2.03. The number of allylic oxidation sites excluding steroid dienone is 2. The number of hydrogen-bond acceptors (Lipinski definition) is 4. The van der Waals surface area contributed by atoms with Crippen LogP contribution in [0, 0.1) is 20.8 Å². The number of rotatable bonds is 3. The molecule has 1 aromatic rings. The maximum absolute atomic E-state index is 12.6. The first-order valence-electron chi connectivity index (χ1n) is 9.10. The highest BCUT2D eigenvalue weighted by atomic mass is 16.5. The Morgan fingerprint density at radius 1 is 1.08 bits per heavy atom. The lowest BCUT2D eigenvalue weighted by atomic mass is 9.76. The number of carbonyl (C=O) groups is 2. The molecule has 0 amide bonds. The SMILES string of the molecule is CCCC(O)=C1C(=O)CC(c2c(C)c(C)c(C)c3c2OCC3)CC1=O. The fourth-order valence-electron chi connectivity index (χ4n) is 4.19. The fraction of sp³-hybridized carbons (Fsp3) is 0.524. The number of Topliss-reactive ketones (excluding diaryl/α,β-unsaturated/α-hetero) is 2. The minimum absolute atomic E-state index is 0.0251. The molecule has 3 rings (SSSR count). The molecule has 0 aromatic heterocycles. The van der Waals surface area contributed by atoms with Gasteiger partial charge in [0.2, 0.25) is 0 Å². The third kappa shape index (κ3) is 2.88. The van der Waals surface area contributed by atoms with Crippen LogP contribution in [-0.2, 0) is 16.0 Å². The van der Waals surface area contributed by atoms with Gasteiger partial charge in [0.1, 0.15) is 11.5 Å². The summed E-state index contributed by atoms with van der Waals surface area (Å²) in [6.07, 6.45) is 2.48. The van der Waals surface area contributed by atoms with Gasteiger partial charge in [0.05, 0.1) is 12.2 Å². The summed E-state index contributed by atoms with van der Waals surface area (Å²) in [5, 5.41) is 10.1. The highest BCUT2D eigenvalue weighted by molar-refractivity contribution is 6.22. The molecule has 0 spiro atoms. The maximum atomic E-state index is 12.6. The largest absolute Gasteiger partial charge is 0.511 e. The van der Waals surface area contributed by atoms with Crippen LogP contribution < -0.4 is 4.74 Å². The Morgan fingerprint density at radius 2 is 1.72 bits per heavy atom. The van der Waals surface area contributed by atoms with Crippen LogP contribution in [0.4, 0.5) is 0 Å². The van der Waals surface area contributed by atoms with Crippen LogP contribution in [0.15, 0.2) is 11.3 Å². The monoisotopic (exact) mass is 342 g/mol. The van der Waals surface area contributed by atoms with E-state index in [0.717, 1.165) is 23.3 Å². The van der Waals surface area contributed by atoms with Crippen molar-refractivity contribution in [2.45, 2.75) is 65.7 Å². The molecule has 1 aromatic carbocycles. The summed E-state index contributed by atoms with van der Waals surface area (Å²) in [7, 11) is 0. The second-order valence-corrected chi connectivity index (χ2v) is 7.22. The molecule has 1 N–H and O–H groups in total. The standard InChI is InChI=1S/C21H26O4/c1-5-6-16(22)20-17(23)9-14(10-18(20)24)19-13(4)11(2)12(3)15-7-8-25-21(15)19/h14,22H,5-10H2,1-4H3. The average Bonchev–Trinajstić information content (AvgIpc) is 3.02. The Labute approximate surface area is 148 Å². The van der Waals surface area contributed by atoms with E-state index in [1.54, 1.807) is 0 Å². The van der Waals surface area contributed by atoms with Gasteiger partial charge in [0.15, 0.2) is 11.6 Å². The molecule has 1 heterocycles. The molecule has 1 aliphatic carbocycles. The average molecular weight is 342 g/mol. The van der Waals surface area contributed by atoms with Crippen molar-refractivity contribution < 1.29 is 19.4 Å². The summed E-state index contributed by atoms with van der Waals surface area (Å²) in [5.74, 6) is 0.197. The van der Waals surface area contributed by atoms with Crippen molar-refractivity contribution >= 4 is 11.6 Å². The van der Waals surface area contributed by atoms with Crippen LogP contribution in [0.3, 0.4) is 0 Å². The van der Waals surface area contributed by atoms with E-state index in [1.807, 2.05) is 6.92 Å². The van der Waals surface area contributed by atoms with Crippen molar-refractivity contribution in [1.82, 2.24) is 0 Å². The highest BCUT2D eigenvalue weighted by Crippen LogP contribution is 2.45. The number of ether oxygens (including phenoxy) is 1. The Hall–Kier alpha value is -2.10. The van der Waals surface area contributed by atoms with E-state index >= 15 is 0 Å². The Kier molecular flexibility index (Phi) is 4.72. The lowest BCUT2D eigenvalue weighted by Crippen LogP contribution is -2.27. The van der Waals surface area contributed by atoms with Gasteiger partial charge in [-0.3, -0.25) is 9.59 Å². The summed E-state index contributed by atoms with van der Waals surface area (Å²) in [6.45, 7) is 8.83. The zero-order valence-electron chi connectivity index (χ0n) is 15.5. The van der Waals surface area contributed by atoms with Crippen LogP contribution in [0.1, 0.15) is 66.3 Å². The van der Waals surface area contributed by atoms with Gasteiger partial charge >= 0.3 is 0 Å². The van der Waals surface area contributed by atoms with Gasteiger partial charge in [-0.05, 0) is 43.9 Å². The molecule has 4 nitrogen and oxygen atoms in total. The molecule has 1 fully saturated rings. The van der Waals surface area contributed by atoms with Gasteiger partial charge < -0.3 is 9.84 Å². The first-order chi connectivity index (χ1) is 11.9. The summed E-state index contributed by atoms with van der Waals surface area (Å²) in [5.41, 5.74) is 5.85. The van der Waals surface area contributed by atoms with E-state index in [-0.39, 0.29) is 41.7 Å². The molecule has 0 radical (unpaired) electrons.